The van der Waals surface area contributed by atoms with Crippen LogP contribution in [0.25, 0.3) is 0 Å². The van der Waals surface area contributed by atoms with E-state index in [0.29, 0.717) is 24.8 Å². The summed E-state index contributed by atoms with van der Waals surface area (Å²) in [7, 11) is 0. The zero-order valence-corrected chi connectivity index (χ0v) is 10.0. The molecule has 0 aromatic carbocycles. The van der Waals surface area contributed by atoms with Crippen molar-refractivity contribution in [2.24, 2.45) is 0 Å². The number of nitrogens with zero attached hydrogens (tertiary/aromatic N) is 2. The Kier molecular flexibility index (Phi) is 3.93. The predicted molar refractivity (Wildman–Crippen MR) is 64.0 cm³/mol. The quantitative estimate of drug-likeness (QED) is 0.774. The number of nitrogens with one attached hydrogen (secondary N) is 1. The normalized spacial score (nSPS) is 21.4. The fourth-order valence-electron chi connectivity index (χ4n) is 1.88. The van der Waals surface area contributed by atoms with Gasteiger partial charge in [0.05, 0.1) is 0 Å². The van der Waals surface area contributed by atoms with Crippen LogP contribution < -0.4 is 5.32 Å². The summed E-state index contributed by atoms with van der Waals surface area (Å²) in [5.41, 5.74) is 1.04. The van der Waals surface area contributed by atoms with Crippen LogP contribution in [-0.4, -0.2) is 46.6 Å². The molecule has 2 rings (SSSR count). The van der Waals surface area contributed by atoms with E-state index in [1.807, 2.05) is 6.07 Å². The van der Waals surface area contributed by atoms with Crippen molar-refractivity contribution in [3.63, 3.8) is 0 Å². The molecular formula is C11H14ClN3O2. The summed E-state index contributed by atoms with van der Waals surface area (Å²) in [6.45, 7) is 2.75. The van der Waals surface area contributed by atoms with E-state index in [0.717, 1.165) is 12.1 Å². The number of carboxylic acids is 1. The lowest BCUT2D eigenvalue weighted by Gasteiger charge is -2.31. The van der Waals surface area contributed by atoms with Crippen LogP contribution in [0.1, 0.15) is 5.56 Å². The van der Waals surface area contributed by atoms with Crippen molar-refractivity contribution in [3.05, 3.63) is 29.0 Å². The van der Waals surface area contributed by atoms with Crippen LogP contribution in [0, 0.1) is 0 Å². The van der Waals surface area contributed by atoms with Crippen molar-refractivity contribution in [2.45, 2.75) is 12.6 Å². The molecule has 92 valence electrons. The van der Waals surface area contributed by atoms with Gasteiger partial charge in [-0.3, -0.25) is 9.69 Å². The zero-order valence-electron chi connectivity index (χ0n) is 9.27. The van der Waals surface area contributed by atoms with Crippen molar-refractivity contribution in [1.82, 2.24) is 15.2 Å². The monoisotopic (exact) mass is 255 g/mol. The highest BCUT2D eigenvalue weighted by atomic mass is 35.5. The zero-order chi connectivity index (χ0) is 12.3. The molecule has 1 aliphatic heterocycles. The molecule has 1 aromatic heterocycles. The maximum absolute atomic E-state index is 10.9. The molecule has 1 fully saturated rings. The predicted octanol–water partition coefficient (Wildman–Crippen LogP) is 0.593. The molecule has 1 unspecified atom stereocenters. The third-order valence-corrected chi connectivity index (χ3v) is 2.98. The van der Waals surface area contributed by atoms with E-state index in [9.17, 15) is 4.79 Å². The van der Waals surface area contributed by atoms with Crippen molar-refractivity contribution >= 4 is 17.6 Å². The van der Waals surface area contributed by atoms with Gasteiger partial charge in [0.2, 0.25) is 0 Å². The molecule has 0 bridgehead atoms. The van der Waals surface area contributed by atoms with Crippen LogP contribution in [-0.2, 0) is 11.3 Å². The molecule has 0 radical (unpaired) electrons. The van der Waals surface area contributed by atoms with Gasteiger partial charge in [0.25, 0.3) is 0 Å². The number of aliphatic carboxylic acids is 1. The molecule has 1 aromatic rings. The van der Waals surface area contributed by atoms with Gasteiger partial charge in [0, 0.05) is 32.4 Å². The number of aromatic nitrogens is 1. The van der Waals surface area contributed by atoms with Gasteiger partial charge in [-0.1, -0.05) is 17.7 Å². The second-order valence-corrected chi connectivity index (χ2v) is 4.46. The SMILES string of the molecule is O=C(O)C1CN(Cc2ccc(Cl)nc2)CCN1. The minimum atomic E-state index is -0.802. The Morgan fingerprint density at radius 3 is 3.12 bits per heavy atom. The number of halogens is 1. The maximum atomic E-state index is 10.9. The van der Waals surface area contributed by atoms with Crippen LogP contribution >= 0.6 is 11.6 Å². The van der Waals surface area contributed by atoms with Crippen molar-refractivity contribution in [1.29, 1.82) is 0 Å². The van der Waals surface area contributed by atoms with Crippen LogP contribution in [0.3, 0.4) is 0 Å². The molecule has 0 saturated carbocycles. The van der Waals surface area contributed by atoms with E-state index in [4.69, 9.17) is 16.7 Å². The highest BCUT2D eigenvalue weighted by molar-refractivity contribution is 6.29. The summed E-state index contributed by atoms with van der Waals surface area (Å²) in [5.74, 6) is -0.802. The van der Waals surface area contributed by atoms with Gasteiger partial charge in [-0.2, -0.15) is 0 Å². The molecule has 0 amide bonds. The van der Waals surface area contributed by atoms with Gasteiger partial charge in [-0.25, -0.2) is 4.98 Å². The lowest BCUT2D eigenvalue weighted by molar-refractivity contribution is -0.140. The molecule has 0 spiro atoms. The summed E-state index contributed by atoms with van der Waals surface area (Å²) in [6, 6.07) is 3.17. The summed E-state index contributed by atoms with van der Waals surface area (Å²) >= 11 is 5.71. The highest BCUT2D eigenvalue weighted by Crippen LogP contribution is 2.09. The highest BCUT2D eigenvalue weighted by Gasteiger charge is 2.24. The summed E-state index contributed by atoms with van der Waals surface area (Å²) < 4.78 is 0. The molecule has 2 heterocycles. The average molecular weight is 256 g/mol. The van der Waals surface area contributed by atoms with Crippen LogP contribution in [0.2, 0.25) is 5.15 Å². The second-order valence-electron chi connectivity index (χ2n) is 4.07. The number of piperazine rings is 1. The largest absolute Gasteiger partial charge is 0.480 e. The van der Waals surface area contributed by atoms with E-state index >= 15 is 0 Å². The van der Waals surface area contributed by atoms with Crippen LogP contribution in [0.4, 0.5) is 0 Å². The van der Waals surface area contributed by atoms with E-state index < -0.39 is 12.0 Å². The number of carboxylic acid groups (broad SMARTS) is 1. The number of rotatable bonds is 3. The third-order valence-electron chi connectivity index (χ3n) is 2.75. The van der Waals surface area contributed by atoms with Gasteiger partial charge in [-0.05, 0) is 11.6 Å². The summed E-state index contributed by atoms with van der Waals surface area (Å²) in [5, 5.41) is 12.4. The maximum Gasteiger partial charge on any atom is 0.322 e. The minimum absolute atomic E-state index is 0.470. The van der Waals surface area contributed by atoms with E-state index in [1.54, 1.807) is 12.3 Å². The number of hydrogen-bond donors (Lipinski definition) is 2. The van der Waals surface area contributed by atoms with E-state index in [1.165, 1.54) is 0 Å². The first kappa shape index (κ1) is 12.3. The van der Waals surface area contributed by atoms with Crippen molar-refractivity contribution in [2.75, 3.05) is 19.6 Å². The Balaban J connectivity index is 1.94. The molecule has 1 aliphatic rings. The number of carbonyl (C=O) groups is 1. The molecule has 0 aliphatic carbocycles. The molecule has 2 N–H and O–H groups in total. The first-order valence-electron chi connectivity index (χ1n) is 5.44. The minimum Gasteiger partial charge on any atom is -0.480 e. The molecule has 1 atom stereocenters. The Labute approximate surface area is 104 Å². The fraction of sp³-hybridized carbons (Fsp3) is 0.455. The van der Waals surface area contributed by atoms with Crippen LogP contribution in [0.5, 0.6) is 0 Å². The van der Waals surface area contributed by atoms with Gasteiger partial charge in [0.1, 0.15) is 11.2 Å². The summed E-state index contributed by atoms with van der Waals surface area (Å²) in [6.07, 6.45) is 1.72. The lowest BCUT2D eigenvalue weighted by atomic mass is 10.2. The van der Waals surface area contributed by atoms with Gasteiger partial charge < -0.3 is 10.4 Å². The van der Waals surface area contributed by atoms with Crippen molar-refractivity contribution in [3.8, 4) is 0 Å². The average Bonchev–Trinajstić information content (AvgIpc) is 2.32. The standard InChI is InChI=1S/C11H14ClN3O2/c12-10-2-1-8(5-14-10)6-15-4-3-13-9(7-15)11(16)17/h1-2,5,9,13H,3-4,6-7H2,(H,16,17). The Morgan fingerprint density at radius 1 is 1.65 bits per heavy atom. The van der Waals surface area contributed by atoms with Gasteiger partial charge >= 0.3 is 5.97 Å². The van der Waals surface area contributed by atoms with Gasteiger partial charge in [0.15, 0.2) is 0 Å². The molecule has 5 nitrogen and oxygen atoms in total. The van der Waals surface area contributed by atoms with Crippen molar-refractivity contribution < 1.29 is 9.90 Å². The second kappa shape index (κ2) is 5.44. The Morgan fingerprint density at radius 2 is 2.47 bits per heavy atom. The van der Waals surface area contributed by atoms with E-state index in [-0.39, 0.29) is 0 Å². The first-order chi connectivity index (χ1) is 8.15. The Bertz CT molecular complexity index is 396. The lowest BCUT2D eigenvalue weighted by Crippen LogP contribution is -2.53. The van der Waals surface area contributed by atoms with E-state index in [2.05, 4.69) is 15.2 Å². The third kappa shape index (κ3) is 3.39. The van der Waals surface area contributed by atoms with Crippen LogP contribution in [0.15, 0.2) is 18.3 Å². The molecule has 6 heteroatoms. The topological polar surface area (TPSA) is 65.5 Å². The number of pyridine rings is 1. The molecule has 1 saturated heterocycles. The smallest absolute Gasteiger partial charge is 0.322 e. The molecule has 17 heavy (non-hydrogen) atoms. The fourth-order valence-corrected chi connectivity index (χ4v) is 1.99. The van der Waals surface area contributed by atoms with Gasteiger partial charge in [-0.15, -0.1) is 0 Å². The Hall–Kier alpha value is -1.17. The summed E-state index contributed by atoms with van der Waals surface area (Å²) in [4.78, 5) is 17.0. The molecular weight excluding hydrogens is 242 g/mol. The first-order valence-corrected chi connectivity index (χ1v) is 5.82. The number of hydrogen-bond acceptors (Lipinski definition) is 4.